The van der Waals surface area contributed by atoms with E-state index in [0.717, 1.165) is 5.56 Å². The van der Waals surface area contributed by atoms with Crippen molar-refractivity contribution in [3.63, 3.8) is 0 Å². The summed E-state index contributed by atoms with van der Waals surface area (Å²) in [5, 5.41) is 7.01. The number of carbonyl (C=O) groups excluding carboxylic acids is 1. The molecule has 33 heavy (non-hydrogen) atoms. The maximum absolute atomic E-state index is 12.7. The van der Waals surface area contributed by atoms with Gasteiger partial charge in [0.25, 0.3) is 5.91 Å². The smallest absolute Gasteiger partial charge is 0.411 e. The van der Waals surface area contributed by atoms with E-state index in [1.165, 1.54) is 10.7 Å². The van der Waals surface area contributed by atoms with E-state index in [1.54, 1.807) is 18.2 Å². The Morgan fingerprint density at radius 1 is 1.30 bits per heavy atom. The van der Waals surface area contributed by atoms with Gasteiger partial charge in [-0.2, -0.15) is 18.3 Å². The van der Waals surface area contributed by atoms with Crippen LogP contribution in [0, 0.1) is 0 Å². The van der Waals surface area contributed by atoms with Crippen molar-refractivity contribution in [3.05, 3.63) is 41.1 Å². The highest BCUT2D eigenvalue weighted by molar-refractivity contribution is 5.92. The van der Waals surface area contributed by atoms with Gasteiger partial charge < -0.3 is 19.5 Å². The maximum Gasteiger partial charge on any atom is 0.411 e. The zero-order valence-electron chi connectivity index (χ0n) is 17.4. The molecule has 1 aromatic carbocycles. The second-order valence-electron chi connectivity index (χ2n) is 7.97. The molecule has 2 atom stereocenters. The predicted octanol–water partition coefficient (Wildman–Crippen LogP) is 3.15. The first-order valence-corrected chi connectivity index (χ1v) is 10.4. The summed E-state index contributed by atoms with van der Waals surface area (Å²) >= 11 is 0. The fourth-order valence-electron chi connectivity index (χ4n) is 3.79. The second kappa shape index (κ2) is 9.54. The van der Waals surface area contributed by atoms with Gasteiger partial charge in [0, 0.05) is 25.5 Å². The maximum atomic E-state index is 12.7. The van der Waals surface area contributed by atoms with Crippen molar-refractivity contribution < 1.29 is 41.0 Å². The molecule has 0 saturated heterocycles. The Labute approximate surface area is 185 Å². The lowest BCUT2D eigenvalue weighted by molar-refractivity contribution is -0.179. The lowest BCUT2D eigenvalue weighted by Crippen LogP contribution is -2.43. The SMILES string of the molecule is O=C(N[C@H]1COc2ccc(CC(F)F)cc2C1)c1cc2n(n1)CC[C@H](COCC(F)(F)F)O2. The van der Waals surface area contributed by atoms with Crippen LogP contribution in [0.25, 0.3) is 0 Å². The minimum atomic E-state index is -4.41. The van der Waals surface area contributed by atoms with Crippen LogP contribution in [0.2, 0.25) is 0 Å². The number of alkyl halides is 5. The molecule has 0 bridgehead atoms. The van der Waals surface area contributed by atoms with Crippen LogP contribution in [0.5, 0.6) is 11.6 Å². The number of carbonyl (C=O) groups is 1. The fraction of sp³-hybridized carbons (Fsp3) is 0.524. The van der Waals surface area contributed by atoms with Gasteiger partial charge >= 0.3 is 6.18 Å². The topological polar surface area (TPSA) is 74.6 Å². The Balaban J connectivity index is 1.33. The van der Waals surface area contributed by atoms with E-state index in [2.05, 4.69) is 15.2 Å². The molecule has 3 heterocycles. The van der Waals surface area contributed by atoms with E-state index in [4.69, 9.17) is 9.47 Å². The van der Waals surface area contributed by atoms with Crippen molar-refractivity contribution in [3.8, 4) is 11.6 Å². The number of hydrogen-bond donors (Lipinski definition) is 1. The molecule has 0 spiro atoms. The van der Waals surface area contributed by atoms with Gasteiger partial charge in [-0.05, 0) is 23.6 Å². The van der Waals surface area contributed by atoms with Crippen molar-refractivity contribution in [2.75, 3.05) is 19.8 Å². The van der Waals surface area contributed by atoms with Crippen LogP contribution in [-0.2, 0) is 24.1 Å². The van der Waals surface area contributed by atoms with Crippen LogP contribution < -0.4 is 14.8 Å². The van der Waals surface area contributed by atoms with E-state index < -0.39 is 31.2 Å². The van der Waals surface area contributed by atoms with Crippen molar-refractivity contribution in [1.29, 1.82) is 0 Å². The summed E-state index contributed by atoms with van der Waals surface area (Å²) in [4.78, 5) is 12.7. The number of nitrogens with zero attached hydrogens (tertiary/aromatic N) is 2. The number of amides is 1. The summed E-state index contributed by atoms with van der Waals surface area (Å²) in [7, 11) is 0. The van der Waals surface area contributed by atoms with Gasteiger partial charge in [-0.3, -0.25) is 4.79 Å². The number of nitrogens with one attached hydrogen (secondary N) is 1. The first kappa shape index (κ1) is 23.3. The summed E-state index contributed by atoms with van der Waals surface area (Å²) in [6.45, 7) is -0.986. The second-order valence-corrected chi connectivity index (χ2v) is 7.97. The van der Waals surface area contributed by atoms with Crippen LogP contribution in [0.3, 0.4) is 0 Å². The minimum absolute atomic E-state index is 0.0964. The molecular formula is C21H22F5N3O4. The molecular weight excluding hydrogens is 453 g/mol. The number of hydrogen-bond acceptors (Lipinski definition) is 5. The van der Waals surface area contributed by atoms with E-state index in [-0.39, 0.29) is 37.3 Å². The molecule has 2 aliphatic heterocycles. The third kappa shape index (κ3) is 6.12. The van der Waals surface area contributed by atoms with Gasteiger partial charge in [-0.15, -0.1) is 0 Å². The zero-order chi connectivity index (χ0) is 23.6. The van der Waals surface area contributed by atoms with E-state index in [1.807, 2.05) is 0 Å². The molecule has 2 aromatic rings. The molecule has 0 aliphatic carbocycles. The molecule has 0 saturated carbocycles. The normalized spacial score (nSPS) is 19.9. The monoisotopic (exact) mass is 475 g/mol. The van der Waals surface area contributed by atoms with Crippen LogP contribution >= 0.6 is 0 Å². The number of fused-ring (bicyclic) bond motifs is 2. The van der Waals surface area contributed by atoms with Gasteiger partial charge in [0.2, 0.25) is 12.3 Å². The fourth-order valence-corrected chi connectivity index (χ4v) is 3.79. The summed E-state index contributed by atoms with van der Waals surface area (Å²) in [6, 6.07) is 5.95. The average molecular weight is 475 g/mol. The Morgan fingerprint density at radius 2 is 2.12 bits per heavy atom. The van der Waals surface area contributed by atoms with Crippen LogP contribution in [0.15, 0.2) is 24.3 Å². The van der Waals surface area contributed by atoms with Gasteiger partial charge in [0.05, 0.1) is 12.6 Å². The number of rotatable bonds is 7. The largest absolute Gasteiger partial charge is 0.491 e. The summed E-state index contributed by atoms with van der Waals surface area (Å²) < 4.78 is 79.4. The van der Waals surface area contributed by atoms with Gasteiger partial charge in [-0.25, -0.2) is 13.5 Å². The van der Waals surface area contributed by atoms with E-state index in [0.29, 0.717) is 30.7 Å². The number of aryl methyl sites for hydroxylation is 1. The molecule has 1 N–H and O–H groups in total. The molecule has 0 fully saturated rings. The Morgan fingerprint density at radius 3 is 2.88 bits per heavy atom. The lowest BCUT2D eigenvalue weighted by atomic mass is 9.99. The Bertz CT molecular complexity index is 995. The first-order chi connectivity index (χ1) is 15.7. The third-order valence-corrected chi connectivity index (χ3v) is 5.25. The molecule has 180 valence electrons. The molecule has 1 amide bonds. The van der Waals surface area contributed by atoms with Crippen LogP contribution in [0.4, 0.5) is 22.0 Å². The predicted molar refractivity (Wildman–Crippen MR) is 105 cm³/mol. The average Bonchev–Trinajstić information content (AvgIpc) is 3.16. The first-order valence-electron chi connectivity index (χ1n) is 10.4. The Kier molecular flexibility index (Phi) is 6.73. The van der Waals surface area contributed by atoms with Crippen molar-refractivity contribution in [1.82, 2.24) is 15.1 Å². The zero-order valence-corrected chi connectivity index (χ0v) is 17.4. The number of ether oxygens (including phenoxy) is 3. The highest BCUT2D eigenvalue weighted by atomic mass is 19.4. The Hall–Kier alpha value is -2.89. The van der Waals surface area contributed by atoms with Gasteiger partial charge in [0.15, 0.2) is 5.69 Å². The third-order valence-electron chi connectivity index (χ3n) is 5.25. The highest BCUT2D eigenvalue weighted by Crippen LogP contribution is 2.27. The molecule has 2 aliphatic rings. The standard InChI is InChI=1S/C21H22F5N3O4/c22-18(23)6-12-1-2-17-13(5-12)7-14(9-32-17)27-20(30)16-8-19-29(28-16)4-3-15(33-19)10-31-11-21(24,25)26/h1-2,5,8,14-15,18H,3-4,6-7,9-11H2,(H,27,30)/t14-,15-/m1/s1. The summed E-state index contributed by atoms with van der Waals surface area (Å²) in [6.07, 6.45) is -6.98. The van der Waals surface area contributed by atoms with Gasteiger partial charge in [-0.1, -0.05) is 12.1 Å². The van der Waals surface area contributed by atoms with Crippen molar-refractivity contribution >= 4 is 5.91 Å². The van der Waals surface area contributed by atoms with Crippen LogP contribution in [-0.4, -0.2) is 60.3 Å². The quantitative estimate of drug-likeness (QED) is 0.623. The molecule has 7 nitrogen and oxygen atoms in total. The number of aromatic nitrogens is 2. The minimum Gasteiger partial charge on any atom is -0.491 e. The molecule has 12 heteroatoms. The van der Waals surface area contributed by atoms with Crippen molar-refractivity contribution in [2.24, 2.45) is 0 Å². The lowest BCUT2D eigenvalue weighted by Gasteiger charge is -2.26. The molecule has 0 unspecified atom stereocenters. The molecule has 0 radical (unpaired) electrons. The number of halogens is 5. The van der Waals surface area contributed by atoms with Gasteiger partial charge in [0.1, 0.15) is 25.1 Å². The van der Waals surface area contributed by atoms with E-state index in [9.17, 15) is 26.7 Å². The number of benzene rings is 1. The van der Waals surface area contributed by atoms with E-state index >= 15 is 0 Å². The summed E-state index contributed by atoms with van der Waals surface area (Å²) in [5.41, 5.74) is 1.32. The molecule has 4 rings (SSSR count). The summed E-state index contributed by atoms with van der Waals surface area (Å²) in [5.74, 6) is 0.406. The van der Waals surface area contributed by atoms with Crippen molar-refractivity contribution in [2.45, 2.75) is 50.6 Å². The van der Waals surface area contributed by atoms with Crippen LogP contribution in [0.1, 0.15) is 28.0 Å². The highest BCUT2D eigenvalue weighted by Gasteiger charge is 2.30. The molecule has 1 aromatic heterocycles.